The molecular formula is C9H12N4O4S. The summed E-state index contributed by atoms with van der Waals surface area (Å²) >= 11 is 1.01. The molecule has 8 nitrogen and oxygen atoms in total. The van der Waals surface area contributed by atoms with E-state index in [4.69, 9.17) is 0 Å². The zero-order valence-electron chi connectivity index (χ0n) is 9.39. The Balaban J connectivity index is 1.85. The van der Waals surface area contributed by atoms with Gasteiger partial charge in [0.05, 0.1) is 17.1 Å². The maximum atomic E-state index is 11.0. The van der Waals surface area contributed by atoms with E-state index in [0.29, 0.717) is 37.1 Å². The molecule has 2 fully saturated rings. The van der Waals surface area contributed by atoms with Crippen molar-refractivity contribution in [2.75, 3.05) is 36.0 Å². The van der Waals surface area contributed by atoms with Gasteiger partial charge in [0.15, 0.2) is 5.13 Å². The minimum absolute atomic E-state index is 0.00158. The number of hydrogen-bond donors (Lipinski definition) is 2. The van der Waals surface area contributed by atoms with Crippen molar-refractivity contribution in [1.82, 2.24) is 4.98 Å². The number of thiazole rings is 1. The molecule has 0 aliphatic carbocycles. The van der Waals surface area contributed by atoms with E-state index in [2.05, 4.69) is 4.98 Å². The Morgan fingerprint density at radius 2 is 1.78 bits per heavy atom. The van der Waals surface area contributed by atoms with Crippen molar-refractivity contribution in [1.29, 1.82) is 0 Å². The van der Waals surface area contributed by atoms with Gasteiger partial charge in [-0.3, -0.25) is 10.1 Å². The summed E-state index contributed by atoms with van der Waals surface area (Å²) in [6.07, 6.45) is -0.803. The smallest absolute Gasteiger partial charge is 0.369 e. The van der Waals surface area contributed by atoms with E-state index in [0.717, 1.165) is 11.3 Å². The molecule has 1 aromatic heterocycles. The molecule has 2 aliphatic heterocycles. The summed E-state index contributed by atoms with van der Waals surface area (Å²) in [7, 11) is 0. The highest BCUT2D eigenvalue weighted by atomic mass is 32.1. The van der Waals surface area contributed by atoms with Crippen LogP contribution in [0.1, 0.15) is 0 Å². The fourth-order valence-corrected chi connectivity index (χ4v) is 2.92. The zero-order valence-corrected chi connectivity index (χ0v) is 10.2. The summed E-state index contributed by atoms with van der Waals surface area (Å²) in [5.41, 5.74) is 0. The molecular weight excluding hydrogens is 260 g/mol. The number of nitrogens with zero attached hydrogens (tertiary/aromatic N) is 4. The summed E-state index contributed by atoms with van der Waals surface area (Å²) in [6.45, 7) is 1.69. The lowest BCUT2D eigenvalue weighted by molar-refractivity contribution is -0.379. The normalized spacial score (nSPS) is 20.8. The van der Waals surface area contributed by atoms with Crippen molar-refractivity contribution >= 4 is 27.3 Å². The van der Waals surface area contributed by atoms with E-state index in [1.807, 2.05) is 4.90 Å². The summed E-state index contributed by atoms with van der Waals surface area (Å²) in [4.78, 5) is 18.3. The molecule has 2 saturated heterocycles. The predicted molar refractivity (Wildman–Crippen MR) is 65.2 cm³/mol. The van der Waals surface area contributed by atoms with Crippen LogP contribution in [0.4, 0.5) is 16.0 Å². The summed E-state index contributed by atoms with van der Waals surface area (Å²) in [5, 5.41) is 30.0. The highest BCUT2D eigenvalue weighted by Crippen LogP contribution is 2.41. The first-order valence-corrected chi connectivity index (χ1v) is 6.37. The number of anilines is 2. The van der Waals surface area contributed by atoms with E-state index >= 15 is 0 Å². The van der Waals surface area contributed by atoms with Crippen molar-refractivity contribution in [2.45, 2.75) is 12.2 Å². The molecule has 18 heavy (non-hydrogen) atoms. The van der Waals surface area contributed by atoms with Gasteiger partial charge in [-0.2, -0.15) is 4.98 Å². The summed E-state index contributed by atoms with van der Waals surface area (Å²) in [5.74, 6) is 0.326. The molecule has 9 heteroatoms. The third-order valence-corrected chi connectivity index (χ3v) is 4.10. The molecule has 0 bridgehead atoms. The lowest BCUT2D eigenvalue weighted by Crippen LogP contribution is -2.52. The number of aliphatic hydroxyl groups is 2. The summed E-state index contributed by atoms with van der Waals surface area (Å²) in [6, 6.07) is 0. The monoisotopic (exact) mass is 272 g/mol. The van der Waals surface area contributed by atoms with Gasteiger partial charge in [-0.15, -0.1) is 0 Å². The van der Waals surface area contributed by atoms with Crippen LogP contribution in [0.15, 0.2) is 0 Å². The molecule has 0 unspecified atom stereocenters. The van der Waals surface area contributed by atoms with Gasteiger partial charge in [-0.05, 0) is 11.3 Å². The Morgan fingerprint density at radius 3 is 2.28 bits per heavy atom. The van der Waals surface area contributed by atoms with Gasteiger partial charge in [0.1, 0.15) is 0 Å². The van der Waals surface area contributed by atoms with Crippen LogP contribution in [-0.4, -0.2) is 58.5 Å². The molecule has 2 aliphatic rings. The predicted octanol–water partition coefficient (Wildman–Crippen LogP) is -0.587. The Hall–Kier alpha value is -1.45. The summed E-state index contributed by atoms with van der Waals surface area (Å²) < 4.78 is 0. The third-order valence-electron chi connectivity index (χ3n) is 3.04. The average Bonchev–Trinajstić information content (AvgIpc) is 2.64. The largest absolute Gasteiger partial charge is 0.389 e. The minimum atomic E-state index is -0.447. The molecule has 0 atom stereocenters. The first-order valence-electron chi connectivity index (χ1n) is 5.56. The molecule has 0 spiro atoms. The maximum absolute atomic E-state index is 11.0. The Bertz CT molecular complexity index is 481. The second-order valence-corrected chi connectivity index (χ2v) is 5.46. The minimum Gasteiger partial charge on any atom is -0.389 e. The molecule has 0 saturated carbocycles. The van der Waals surface area contributed by atoms with Crippen LogP contribution >= 0.6 is 11.3 Å². The molecule has 3 heterocycles. The molecule has 3 rings (SSSR count). The number of aromatic nitrogens is 1. The first-order chi connectivity index (χ1) is 8.54. The van der Waals surface area contributed by atoms with Gasteiger partial charge < -0.3 is 20.0 Å². The average molecular weight is 272 g/mol. The topological polar surface area (TPSA) is 103 Å². The fraction of sp³-hybridized carbons (Fsp3) is 0.667. The van der Waals surface area contributed by atoms with Gasteiger partial charge in [0.25, 0.3) is 0 Å². The van der Waals surface area contributed by atoms with Crippen molar-refractivity contribution in [3.63, 3.8) is 0 Å². The maximum Gasteiger partial charge on any atom is 0.369 e. The van der Waals surface area contributed by atoms with Crippen LogP contribution in [-0.2, 0) is 0 Å². The number of rotatable bonds is 3. The number of β-amino-alcohol motifs (C(OH)–C–C–N with tert-alkyl or cyclic N) is 2. The molecule has 0 amide bonds. The Kier molecular flexibility index (Phi) is 2.61. The van der Waals surface area contributed by atoms with Crippen molar-refractivity contribution in [3.8, 4) is 0 Å². The van der Waals surface area contributed by atoms with Crippen LogP contribution < -0.4 is 9.80 Å². The lowest BCUT2D eigenvalue weighted by Gasteiger charge is -2.36. The second-order valence-electron chi connectivity index (χ2n) is 4.50. The zero-order chi connectivity index (χ0) is 12.9. The van der Waals surface area contributed by atoms with Crippen molar-refractivity contribution in [2.24, 2.45) is 0 Å². The Labute approximate surface area is 106 Å². The lowest BCUT2D eigenvalue weighted by atomic mass is 10.2. The highest BCUT2D eigenvalue weighted by Gasteiger charge is 2.36. The fourth-order valence-electron chi connectivity index (χ4n) is 1.99. The number of nitro groups is 1. The SMILES string of the molecule is O=[N+]([O-])c1sc(N2CC(O)C2)nc1N1CC(O)C1. The van der Waals surface area contributed by atoms with E-state index in [1.54, 1.807) is 4.90 Å². The second kappa shape index (κ2) is 4.04. The van der Waals surface area contributed by atoms with Crippen molar-refractivity contribution < 1.29 is 15.1 Å². The molecule has 2 N–H and O–H groups in total. The Morgan fingerprint density at radius 1 is 1.22 bits per heavy atom. The van der Waals surface area contributed by atoms with Crippen LogP contribution in [0, 0.1) is 10.1 Å². The third kappa shape index (κ3) is 1.80. The van der Waals surface area contributed by atoms with E-state index in [-0.39, 0.29) is 11.1 Å². The quantitative estimate of drug-likeness (QED) is 0.560. The first kappa shape index (κ1) is 11.6. The van der Waals surface area contributed by atoms with Crippen molar-refractivity contribution in [3.05, 3.63) is 10.1 Å². The molecule has 1 aromatic rings. The van der Waals surface area contributed by atoms with Crippen LogP contribution in [0.3, 0.4) is 0 Å². The highest BCUT2D eigenvalue weighted by molar-refractivity contribution is 7.19. The van der Waals surface area contributed by atoms with Gasteiger partial charge in [0.2, 0.25) is 5.82 Å². The van der Waals surface area contributed by atoms with Gasteiger partial charge in [0, 0.05) is 26.2 Å². The van der Waals surface area contributed by atoms with Gasteiger partial charge >= 0.3 is 5.00 Å². The number of hydrogen-bond acceptors (Lipinski definition) is 8. The molecule has 98 valence electrons. The molecule has 0 radical (unpaired) electrons. The van der Waals surface area contributed by atoms with E-state index in [1.165, 1.54) is 0 Å². The van der Waals surface area contributed by atoms with Crippen LogP contribution in [0.2, 0.25) is 0 Å². The van der Waals surface area contributed by atoms with Crippen LogP contribution in [0.25, 0.3) is 0 Å². The van der Waals surface area contributed by atoms with Gasteiger partial charge in [-0.1, -0.05) is 0 Å². The van der Waals surface area contributed by atoms with Gasteiger partial charge in [-0.25, -0.2) is 0 Å². The number of aliphatic hydroxyl groups excluding tert-OH is 2. The van der Waals surface area contributed by atoms with Crippen LogP contribution in [0.5, 0.6) is 0 Å². The molecule has 0 aromatic carbocycles. The standard InChI is InChI=1S/C9H12N4O4S/c14-5-1-11(2-5)7-8(13(16)17)18-9(10-7)12-3-6(15)4-12/h5-6,14-15H,1-4H2. The van der Waals surface area contributed by atoms with E-state index < -0.39 is 11.0 Å². The van der Waals surface area contributed by atoms with E-state index in [9.17, 15) is 20.3 Å².